The molecule has 0 nitrogen and oxygen atoms in total. The van der Waals surface area contributed by atoms with Crippen molar-refractivity contribution in [1.29, 1.82) is 0 Å². The Morgan fingerprint density at radius 2 is 0.960 bits per heavy atom. The van der Waals surface area contributed by atoms with Crippen molar-refractivity contribution < 1.29 is 4.39 Å². The van der Waals surface area contributed by atoms with Crippen LogP contribution in [0.25, 0.3) is 11.1 Å². The number of hydrogen-bond acceptors (Lipinski definition) is 0. The van der Waals surface area contributed by atoms with E-state index in [-0.39, 0.29) is 5.82 Å². The minimum absolute atomic E-state index is 0.193. The van der Waals surface area contributed by atoms with Crippen LogP contribution in [0.5, 0.6) is 0 Å². The Morgan fingerprint density at radius 1 is 0.560 bits per heavy atom. The number of aryl methyl sites for hydroxylation is 3. The van der Waals surface area contributed by atoms with E-state index in [0.29, 0.717) is 0 Å². The Hall–Kier alpha value is -2.41. The van der Waals surface area contributed by atoms with E-state index in [4.69, 9.17) is 0 Å². The van der Waals surface area contributed by atoms with Crippen molar-refractivity contribution in [3.8, 4) is 11.1 Å². The summed E-state index contributed by atoms with van der Waals surface area (Å²) in [6.45, 7) is 2.23. The van der Waals surface area contributed by atoms with Crippen LogP contribution in [0.15, 0.2) is 72.8 Å². The summed E-state index contributed by atoms with van der Waals surface area (Å²) in [6, 6.07) is 24.3. The van der Waals surface area contributed by atoms with Gasteiger partial charge in [-0.2, -0.15) is 0 Å². The molecule has 0 aliphatic rings. The van der Waals surface area contributed by atoms with Gasteiger partial charge in [-0.15, -0.1) is 0 Å². The fourth-order valence-corrected chi connectivity index (χ4v) is 3.05. The minimum Gasteiger partial charge on any atom is -0.207 e. The summed E-state index contributed by atoms with van der Waals surface area (Å²) >= 11 is 0. The van der Waals surface area contributed by atoms with E-state index >= 15 is 0 Å². The van der Waals surface area contributed by atoms with E-state index in [2.05, 4.69) is 55.5 Å². The lowest BCUT2D eigenvalue weighted by Gasteiger charge is -2.06. The molecule has 0 spiro atoms. The molecule has 25 heavy (non-hydrogen) atoms. The molecule has 0 bridgehead atoms. The zero-order chi connectivity index (χ0) is 17.5. The number of halogens is 1. The molecule has 0 unspecified atom stereocenters. The minimum atomic E-state index is -0.193. The average molecular weight is 332 g/mol. The third-order valence-corrected chi connectivity index (χ3v) is 4.68. The molecule has 3 rings (SSSR count). The van der Waals surface area contributed by atoms with Crippen molar-refractivity contribution >= 4 is 0 Å². The topological polar surface area (TPSA) is 0 Å². The Labute approximate surface area is 150 Å². The number of unbranched alkanes of at least 4 members (excludes halogenated alkanes) is 1. The fraction of sp³-hybridized carbons (Fsp3) is 0.250. The van der Waals surface area contributed by atoms with Crippen LogP contribution >= 0.6 is 0 Å². The predicted octanol–water partition coefficient (Wildman–Crippen LogP) is 6.62. The summed E-state index contributed by atoms with van der Waals surface area (Å²) < 4.78 is 13.0. The van der Waals surface area contributed by atoms with Gasteiger partial charge in [-0.05, 0) is 65.6 Å². The van der Waals surface area contributed by atoms with Crippen LogP contribution in [-0.2, 0) is 19.3 Å². The van der Waals surface area contributed by atoms with E-state index in [9.17, 15) is 4.39 Å². The van der Waals surface area contributed by atoms with Crippen LogP contribution < -0.4 is 0 Å². The molecule has 0 aliphatic carbocycles. The maximum Gasteiger partial charge on any atom is 0.123 e. The largest absolute Gasteiger partial charge is 0.207 e. The highest BCUT2D eigenvalue weighted by Gasteiger charge is 2.01. The van der Waals surface area contributed by atoms with Crippen molar-refractivity contribution in [1.82, 2.24) is 0 Å². The first-order valence-electron chi connectivity index (χ1n) is 9.17. The van der Waals surface area contributed by atoms with Crippen molar-refractivity contribution in [2.75, 3.05) is 0 Å². The molecule has 0 fully saturated rings. The van der Waals surface area contributed by atoms with E-state index in [1.165, 1.54) is 48.1 Å². The van der Waals surface area contributed by atoms with Gasteiger partial charge in [0, 0.05) is 0 Å². The standard InChI is InChI=1S/C24H25F/c1-2-3-4-19-5-7-20(8-6-19)9-10-21-11-13-22(14-12-21)23-15-17-24(25)18-16-23/h5-8,11-18H,2-4,9-10H2,1H3. The van der Waals surface area contributed by atoms with Crippen LogP contribution in [0, 0.1) is 5.82 Å². The van der Waals surface area contributed by atoms with E-state index < -0.39 is 0 Å². The summed E-state index contributed by atoms with van der Waals surface area (Å²) in [5, 5.41) is 0. The molecule has 0 N–H and O–H groups in total. The quantitative estimate of drug-likeness (QED) is 0.456. The Morgan fingerprint density at radius 3 is 1.44 bits per heavy atom. The molecule has 0 amide bonds. The molecule has 3 aromatic rings. The molecule has 0 radical (unpaired) electrons. The second kappa shape index (κ2) is 8.62. The van der Waals surface area contributed by atoms with Crippen molar-refractivity contribution in [2.24, 2.45) is 0 Å². The van der Waals surface area contributed by atoms with Gasteiger partial charge in [0.25, 0.3) is 0 Å². The third-order valence-electron chi connectivity index (χ3n) is 4.68. The summed E-state index contributed by atoms with van der Waals surface area (Å²) in [5.41, 5.74) is 6.35. The van der Waals surface area contributed by atoms with Gasteiger partial charge < -0.3 is 0 Å². The number of benzene rings is 3. The highest BCUT2D eigenvalue weighted by Crippen LogP contribution is 2.21. The Kier molecular flexibility index (Phi) is 6.00. The maximum absolute atomic E-state index is 13.0. The van der Waals surface area contributed by atoms with Gasteiger partial charge in [0.05, 0.1) is 0 Å². The molecule has 0 atom stereocenters. The number of rotatable bonds is 7. The molecule has 0 heterocycles. The lowest BCUT2D eigenvalue weighted by molar-refractivity contribution is 0.628. The average Bonchev–Trinajstić information content (AvgIpc) is 2.67. The number of hydrogen-bond donors (Lipinski definition) is 0. The second-order valence-electron chi connectivity index (χ2n) is 6.62. The molecule has 0 aliphatic heterocycles. The molecule has 0 aromatic heterocycles. The molecule has 128 valence electrons. The van der Waals surface area contributed by atoms with Gasteiger partial charge in [0.15, 0.2) is 0 Å². The fourth-order valence-electron chi connectivity index (χ4n) is 3.05. The zero-order valence-corrected chi connectivity index (χ0v) is 14.8. The van der Waals surface area contributed by atoms with E-state index in [1.54, 1.807) is 0 Å². The summed E-state index contributed by atoms with van der Waals surface area (Å²) in [5.74, 6) is -0.193. The summed E-state index contributed by atoms with van der Waals surface area (Å²) in [6.07, 6.45) is 5.79. The molecule has 0 saturated carbocycles. The lowest BCUT2D eigenvalue weighted by Crippen LogP contribution is -1.92. The monoisotopic (exact) mass is 332 g/mol. The van der Waals surface area contributed by atoms with Crippen molar-refractivity contribution in [2.45, 2.75) is 39.0 Å². The van der Waals surface area contributed by atoms with Crippen molar-refractivity contribution in [3.05, 3.63) is 95.3 Å². The first kappa shape index (κ1) is 17.4. The van der Waals surface area contributed by atoms with Crippen LogP contribution in [0.3, 0.4) is 0 Å². The summed E-state index contributed by atoms with van der Waals surface area (Å²) in [7, 11) is 0. The molecule has 3 aromatic carbocycles. The highest BCUT2D eigenvalue weighted by atomic mass is 19.1. The normalized spacial score (nSPS) is 10.8. The first-order valence-corrected chi connectivity index (χ1v) is 9.17. The predicted molar refractivity (Wildman–Crippen MR) is 104 cm³/mol. The zero-order valence-electron chi connectivity index (χ0n) is 14.8. The maximum atomic E-state index is 13.0. The first-order chi connectivity index (χ1) is 12.2. The van der Waals surface area contributed by atoms with Crippen molar-refractivity contribution in [3.63, 3.8) is 0 Å². The molecular weight excluding hydrogens is 307 g/mol. The van der Waals surface area contributed by atoms with Crippen LogP contribution in [0.1, 0.15) is 36.5 Å². The van der Waals surface area contributed by atoms with Crippen LogP contribution in [0.2, 0.25) is 0 Å². The van der Waals surface area contributed by atoms with Gasteiger partial charge in [-0.3, -0.25) is 0 Å². The van der Waals surface area contributed by atoms with Gasteiger partial charge >= 0.3 is 0 Å². The van der Waals surface area contributed by atoms with Gasteiger partial charge in [0.1, 0.15) is 5.82 Å². The molecular formula is C24H25F. The smallest absolute Gasteiger partial charge is 0.123 e. The lowest BCUT2D eigenvalue weighted by atomic mass is 9.99. The van der Waals surface area contributed by atoms with Crippen LogP contribution in [-0.4, -0.2) is 0 Å². The van der Waals surface area contributed by atoms with Gasteiger partial charge in [0.2, 0.25) is 0 Å². The van der Waals surface area contributed by atoms with Gasteiger partial charge in [-0.1, -0.05) is 74.0 Å². The van der Waals surface area contributed by atoms with E-state index in [0.717, 1.165) is 24.0 Å². The van der Waals surface area contributed by atoms with E-state index in [1.807, 2.05) is 12.1 Å². The van der Waals surface area contributed by atoms with Gasteiger partial charge in [-0.25, -0.2) is 4.39 Å². The third kappa shape index (κ3) is 5.03. The Balaban J connectivity index is 1.57. The highest BCUT2D eigenvalue weighted by molar-refractivity contribution is 5.63. The Bertz CT molecular complexity index is 768. The second-order valence-corrected chi connectivity index (χ2v) is 6.62. The SMILES string of the molecule is CCCCc1ccc(CCc2ccc(-c3ccc(F)cc3)cc2)cc1. The summed E-state index contributed by atoms with van der Waals surface area (Å²) in [4.78, 5) is 0. The van der Waals surface area contributed by atoms with Crippen LogP contribution in [0.4, 0.5) is 4.39 Å². The molecule has 1 heteroatoms. The molecule has 0 saturated heterocycles.